The van der Waals surface area contributed by atoms with Gasteiger partial charge in [0.2, 0.25) is 4.93 Å². The molecule has 0 aromatic carbocycles. The van der Waals surface area contributed by atoms with Crippen LogP contribution in [0.4, 0.5) is 0 Å². The molecule has 0 aromatic heterocycles. The number of rotatable bonds is 6. The first-order valence-electron chi connectivity index (χ1n) is 7.98. The number of hydrogen-bond donors (Lipinski definition) is 6. The molecule has 0 saturated carbocycles. The van der Waals surface area contributed by atoms with Crippen LogP contribution in [0.3, 0.4) is 0 Å². The van der Waals surface area contributed by atoms with Gasteiger partial charge in [-0.1, -0.05) is 27.7 Å². The summed E-state index contributed by atoms with van der Waals surface area (Å²) in [7, 11) is -10.2. The van der Waals surface area contributed by atoms with Crippen LogP contribution in [0.1, 0.15) is 27.7 Å². The maximum absolute atomic E-state index is 10.8. The maximum Gasteiger partial charge on any atom is 0.300 e. The molecule has 2 unspecified atom stereocenters. The highest BCUT2D eigenvalue weighted by Gasteiger charge is 2.53. The Bertz CT molecular complexity index is 648. The zero-order valence-corrected chi connectivity index (χ0v) is 17.0. The zero-order chi connectivity index (χ0) is 21.0. The van der Waals surface area contributed by atoms with Crippen molar-refractivity contribution in [3.8, 4) is 0 Å². The molecule has 1 aliphatic rings. The molecule has 6 N–H and O–H groups in total. The van der Waals surface area contributed by atoms with Gasteiger partial charge < -0.3 is 20.8 Å². The molecule has 0 aromatic rings. The summed E-state index contributed by atoms with van der Waals surface area (Å²) >= 11 is 0. The lowest BCUT2D eigenvalue weighted by Gasteiger charge is -2.28. The summed E-state index contributed by atoms with van der Waals surface area (Å²) in [6.45, 7) is 12.8. The van der Waals surface area contributed by atoms with E-state index in [0.29, 0.717) is 18.2 Å². The van der Waals surface area contributed by atoms with E-state index in [2.05, 4.69) is 38.3 Å². The second-order valence-electron chi connectivity index (χ2n) is 5.00. The summed E-state index contributed by atoms with van der Waals surface area (Å²) in [5.41, 5.74) is 0. The van der Waals surface area contributed by atoms with Crippen molar-refractivity contribution in [2.75, 3.05) is 26.2 Å². The second-order valence-corrected chi connectivity index (χ2v) is 8.14. The van der Waals surface area contributed by atoms with Gasteiger partial charge in [-0.2, -0.15) is 16.8 Å². The third-order valence-electron chi connectivity index (χ3n) is 2.96. The average Bonchev–Trinajstić information content (AvgIpc) is 2.50. The molecule has 0 saturated heterocycles. The van der Waals surface area contributed by atoms with Crippen molar-refractivity contribution in [2.45, 2.75) is 37.9 Å². The molecule has 26 heavy (non-hydrogen) atoms. The van der Waals surface area contributed by atoms with Crippen molar-refractivity contribution in [3.05, 3.63) is 24.0 Å². The van der Waals surface area contributed by atoms with Gasteiger partial charge in [0.25, 0.3) is 10.1 Å². The Labute approximate surface area is 155 Å². The quantitative estimate of drug-likeness (QED) is 0.324. The van der Waals surface area contributed by atoms with E-state index in [9.17, 15) is 21.9 Å². The van der Waals surface area contributed by atoms with Crippen LogP contribution in [0.2, 0.25) is 0 Å². The molecule has 12 heteroatoms. The topological polar surface area (TPSA) is 173 Å². The van der Waals surface area contributed by atoms with Crippen LogP contribution >= 0.6 is 0 Å². The molecule has 2 atom stereocenters. The molecule has 0 spiro atoms. The van der Waals surface area contributed by atoms with E-state index in [0.717, 1.165) is 26.2 Å². The minimum atomic E-state index is -5.21. The molecule has 10 nitrogen and oxygen atoms in total. The summed E-state index contributed by atoms with van der Waals surface area (Å²) in [5, 5.41) is 22.3. The molecule has 156 valence electrons. The van der Waals surface area contributed by atoms with E-state index in [4.69, 9.17) is 14.2 Å². The van der Waals surface area contributed by atoms with Crippen molar-refractivity contribution >= 4 is 20.2 Å². The standard InChI is InChI=1S/C6H8O8S2.2C4H11N/c7-4-1-2-6(8,16(12,13)14)5(3-4)15(9,10)11;2*1-3-5-4-2/h1-3,5,7-8H,(H,9,10,11)(H,12,13,14);2*5H,3-4H2,1-2H3. The molecule has 0 radical (unpaired) electrons. The van der Waals surface area contributed by atoms with Crippen LogP contribution in [-0.2, 0) is 20.2 Å². The smallest absolute Gasteiger partial charge is 0.300 e. The lowest BCUT2D eigenvalue weighted by atomic mass is 10.1. The van der Waals surface area contributed by atoms with Crippen LogP contribution in [0.25, 0.3) is 0 Å². The van der Waals surface area contributed by atoms with Crippen LogP contribution in [0, 0.1) is 0 Å². The number of aliphatic hydroxyl groups is 2. The first kappa shape index (κ1) is 27.2. The van der Waals surface area contributed by atoms with Gasteiger partial charge in [-0.05, 0) is 44.4 Å². The number of hydrogen-bond acceptors (Lipinski definition) is 8. The number of nitrogens with one attached hydrogen (secondary N) is 2. The normalized spacial score (nSPS) is 22.4. The van der Waals surface area contributed by atoms with E-state index >= 15 is 0 Å². The van der Waals surface area contributed by atoms with E-state index in [1.54, 1.807) is 0 Å². The molecule has 1 aliphatic carbocycles. The molecular formula is C14H30N2O8S2. The maximum atomic E-state index is 10.8. The average molecular weight is 419 g/mol. The van der Waals surface area contributed by atoms with Gasteiger partial charge in [-0.3, -0.25) is 9.11 Å². The fraction of sp³-hybridized carbons (Fsp3) is 0.714. The highest BCUT2D eigenvalue weighted by molar-refractivity contribution is 7.91. The Hall–Kier alpha value is -1.02. The Morgan fingerprint density at radius 3 is 1.58 bits per heavy atom. The summed E-state index contributed by atoms with van der Waals surface area (Å²) in [4.78, 5) is -3.23. The Morgan fingerprint density at radius 2 is 1.35 bits per heavy atom. The van der Waals surface area contributed by atoms with Crippen molar-refractivity contribution in [3.63, 3.8) is 0 Å². The second kappa shape index (κ2) is 12.4. The number of aliphatic hydroxyl groups excluding tert-OH is 1. The predicted octanol–water partition coefficient (Wildman–Crippen LogP) is 0.0625. The summed E-state index contributed by atoms with van der Waals surface area (Å²) in [5.74, 6) is -0.670. The molecular weight excluding hydrogens is 388 g/mol. The van der Waals surface area contributed by atoms with E-state index in [1.165, 1.54) is 0 Å². The summed E-state index contributed by atoms with van der Waals surface area (Å²) < 4.78 is 60.7. The molecule has 0 heterocycles. The van der Waals surface area contributed by atoms with Crippen molar-refractivity contribution < 1.29 is 36.2 Å². The van der Waals surface area contributed by atoms with E-state index in [1.807, 2.05) is 0 Å². The monoisotopic (exact) mass is 418 g/mol. The summed E-state index contributed by atoms with van der Waals surface area (Å²) in [6.07, 6.45) is 1.43. The van der Waals surface area contributed by atoms with Gasteiger partial charge in [0.15, 0.2) is 5.25 Å². The van der Waals surface area contributed by atoms with Crippen molar-refractivity contribution in [2.24, 2.45) is 0 Å². The Balaban J connectivity index is 0. The largest absolute Gasteiger partial charge is 0.508 e. The zero-order valence-electron chi connectivity index (χ0n) is 15.4. The van der Waals surface area contributed by atoms with Crippen LogP contribution in [-0.4, -0.2) is 72.5 Å². The third kappa shape index (κ3) is 9.62. The van der Waals surface area contributed by atoms with Crippen LogP contribution in [0.5, 0.6) is 0 Å². The first-order valence-corrected chi connectivity index (χ1v) is 10.9. The van der Waals surface area contributed by atoms with Gasteiger partial charge in [0.1, 0.15) is 5.76 Å². The van der Waals surface area contributed by atoms with Crippen molar-refractivity contribution in [1.82, 2.24) is 10.6 Å². The Kier molecular flexibility index (Phi) is 13.0. The van der Waals surface area contributed by atoms with Gasteiger partial charge in [-0.25, -0.2) is 0 Å². The molecule has 0 amide bonds. The van der Waals surface area contributed by atoms with Crippen molar-refractivity contribution in [1.29, 1.82) is 0 Å². The van der Waals surface area contributed by atoms with Gasteiger partial charge >= 0.3 is 10.1 Å². The van der Waals surface area contributed by atoms with E-state index in [-0.39, 0.29) is 0 Å². The predicted molar refractivity (Wildman–Crippen MR) is 100 cm³/mol. The van der Waals surface area contributed by atoms with Crippen LogP contribution in [0.15, 0.2) is 24.0 Å². The van der Waals surface area contributed by atoms with Gasteiger partial charge in [0.05, 0.1) is 0 Å². The highest BCUT2D eigenvalue weighted by atomic mass is 32.2. The lowest BCUT2D eigenvalue weighted by Crippen LogP contribution is -2.51. The first-order chi connectivity index (χ1) is 11.8. The van der Waals surface area contributed by atoms with E-state index < -0.39 is 36.2 Å². The fourth-order valence-corrected chi connectivity index (χ4v) is 3.81. The fourth-order valence-electron chi connectivity index (χ4n) is 1.66. The highest BCUT2D eigenvalue weighted by Crippen LogP contribution is 2.30. The van der Waals surface area contributed by atoms with Gasteiger partial charge in [-0.15, -0.1) is 0 Å². The third-order valence-corrected chi connectivity index (χ3v) is 5.46. The molecule has 0 bridgehead atoms. The lowest BCUT2D eigenvalue weighted by molar-refractivity contribution is 0.159. The minimum Gasteiger partial charge on any atom is -0.508 e. The van der Waals surface area contributed by atoms with Crippen LogP contribution < -0.4 is 10.6 Å². The molecule has 1 rings (SSSR count). The molecule has 0 aliphatic heterocycles. The molecule has 0 fully saturated rings. The minimum absolute atomic E-state index is 0.357. The van der Waals surface area contributed by atoms with Gasteiger partial charge in [0, 0.05) is 0 Å². The SMILES string of the molecule is CCNCC.CCNCC.O=S(=O)(O)C1C=C(O)C=CC1(O)S(=O)(=O)O. The number of allylic oxidation sites excluding steroid dienone is 1. The summed E-state index contributed by atoms with van der Waals surface area (Å²) in [6, 6.07) is 0. The Morgan fingerprint density at radius 1 is 0.962 bits per heavy atom.